The third-order valence-electron chi connectivity index (χ3n) is 3.93. The number of nitrogens with one attached hydrogen (secondary N) is 2. The van der Waals surface area contributed by atoms with Crippen LogP contribution < -0.4 is 10.6 Å². The standard InChI is InChI=1S/C19H24N6O/c1-15-5-7-16(8-6-15)18-24-17(14-26-18)13-22-19(20-2)21-9-3-11-25-12-4-10-23-25/h4-8,10,12,14H,3,9,11,13H2,1-2H3,(H2,20,21,22). The number of nitrogens with zero attached hydrogens (tertiary/aromatic N) is 4. The summed E-state index contributed by atoms with van der Waals surface area (Å²) >= 11 is 0. The molecule has 0 saturated carbocycles. The van der Waals surface area contributed by atoms with Crippen LogP contribution in [0.15, 0.2) is 58.4 Å². The molecule has 3 rings (SSSR count). The molecule has 136 valence electrons. The highest BCUT2D eigenvalue weighted by atomic mass is 16.3. The summed E-state index contributed by atoms with van der Waals surface area (Å²) in [7, 11) is 1.75. The molecular formula is C19H24N6O. The van der Waals surface area contributed by atoms with Crippen LogP contribution in [0.5, 0.6) is 0 Å². The van der Waals surface area contributed by atoms with Crippen LogP contribution in [0.2, 0.25) is 0 Å². The summed E-state index contributed by atoms with van der Waals surface area (Å²) in [5.41, 5.74) is 3.02. The van der Waals surface area contributed by atoms with E-state index >= 15 is 0 Å². The fourth-order valence-electron chi connectivity index (χ4n) is 2.49. The lowest BCUT2D eigenvalue weighted by atomic mass is 10.1. The first-order valence-electron chi connectivity index (χ1n) is 8.68. The molecule has 26 heavy (non-hydrogen) atoms. The van der Waals surface area contributed by atoms with Crippen LogP contribution in [0.25, 0.3) is 11.5 Å². The number of guanidine groups is 1. The number of hydrogen-bond acceptors (Lipinski definition) is 4. The second-order valence-corrected chi connectivity index (χ2v) is 5.99. The number of aliphatic imine (C=N–C) groups is 1. The summed E-state index contributed by atoms with van der Waals surface area (Å²) in [5.74, 6) is 1.37. The van der Waals surface area contributed by atoms with Gasteiger partial charge < -0.3 is 15.1 Å². The highest BCUT2D eigenvalue weighted by molar-refractivity contribution is 5.79. The Labute approximate surface area is 153 Å². The molecule has 0 spiro atoms. The van der Waals surface area contributed by atoms with Crippen molar-refractivity contribution < 1.29 is 4.42 Å². The number of aromatic nitrogens is 3. The van der Waals surface area contributed by atoms with Crippen LogP contribution >= 0.6 is 0 Å². The van der Waals surface area contributed by atoms with Crippen LogP contribution in [0, 0.1) is 6.92 Å². The number of hydrogen-bond donors (Lipinski definition) is 2. The minimum Gasteiger partial charge on any atom is -0.444 e. The van der Waals surface area contributed by atoms with Crippen LogP contribution in [0.1, 0.15) is 17.7 Å². The maximum atomic E-state index is 5.58. The van der Waals surface area contributed by atoms with Gasteiger partial charge in [0.2, 0.25) is 5.89 Å². The lowest BCUT2D eigenvalue weighted by Crippen LogP contribution is -2.37. The van der Waals surface area contributed by atoms with E-state index in [0.29, 0.717) is 12.4 Å². The molecule has 0 radical (unpaired) electrons. The van der Waals surface area contributed by atoms with Gasteiger partial charge in [0.1, 0.15) is 6.26 Å². The van der Waals surface area contributed by atoms with Crippen LogP contribution in [0.3, 0.4) is 0 Å². The van der Waals surface area contributed by atoms with Gasteiger partial charge in [-0.05, 0) is 31.5 Å². The van der Waals surface area contributed by atoms with Crippen molar-refractivity contribution in [3.05, 3.63) is 60.2 Å². The molecule has 0 fully saturated rings. The lowest BCUT2D eigenvalue weighted by Gasteiger charge is -2.10. The Morgan fingerprint density at radius 3 is 2.81 bits per heavy atom. The molecule has 3 aromatic rings. The normalized spacial score (nSPS) is 11.5. The van der Waals surface area contributed by atoms with Crippen molar-refractivity contribution in [2.75, 3.05) is 13.6 Å². The number of aryl methyl sites for hydroxylation is 2. The van der Waals surface area contributed by atoms with Gasteiger partial charge in [0.15, 0.2) is 5.96 Å². The van der Waals surface area contributed by atoms with E-state index in [1.54, 1.807) is 19.5 Å². The van der Waals surface area contributed by atoms with Gasteiger partial charge in [0, 0.05) is 38.1 Å². The highest BCUT2D eigenvalue weighted by Gasteiger charge is 2.07. The Kier molecular flexibility index (Phi) is 6.03. The molecular weight excluding hydrogens is 328 g/mol. The van der Waals surface area contributed by atoms with E-state index < -0.39 is 0 Å². The van der Waals surface area contributed by atoms with Crippen molar-refractivity contribution in [2.45, 2.75) is 26.4 Å². The van der Waals surface area contributed by atoms with E-state index in [4.69, 9.17) is 4.42 Å². The third kappa shape index (κ3) is 4.95. The number of oxazole rings is 1. The fraction of sp³-hybridized carbons (Fsp3) is 0.316. The smallest absolute Gasteiger partial charge is 0.226 e. The Morgan fingerprint density at radius 2 is 2.08 bits per heavy atom. The average molecular weight is 352 g/mol. The minimum atomic E-state index is 0.550. The second kappa shape index (κ2) is 8.84. The third-order valence-corrected chi connectivity index (χ3v) is 3.93. The zero-order chi connectivity index (χ0) is 18.2. The first kappa shape index (κ1) is 17.7. The molecule has 2 heterocycles. The van der Waals surface area contributed by atoms with Gasteiger partial charge in [-0.25, -0.2) is 4.98 Å². The molecule has 7 heteroatoms. The predicted molar refractivity (Wildman–Crippen MR) is 102 cm³/mol. The van der Waals surface area contributed by atoms with E-state index in [0.717, 1.165) is 36.7 Å². The largest absolute Gasteiger partial charge is 0.444 e. The Hall–Kier alpha value is -3.09. The topological polar surface area (TPSA) is 80.3 Å². The number of benzene rings is 1. The molecule has 0 unspecified atom stereocenters. The molecule has 1 aromatic carbocycles. The number of rotatable bonds is 7. The van der Waals surface area contributed by atoms with Gasteiger partial charge in [0.25, 0.3) is 0 Å². The summed E-state index contributed by atoms with van der Waals surface area (Å²) in [6.07, 6.45) is 6.39. The SMILES string of the molecule is CN=C(NCCCn1cccn1)NCc1coc(-c2ccc(C)cc2)n1. The molecule has 2 N–H and O–H groups in total. The second-order valence-electron chi connectivity index (χ2n) is 5.99. The van der Waals surface area contributed by atoms with Crippen LogP contribution in [-0.2, 0) is 13.1 Å². The molecule has 2 aromatic heterocycles. The predicted octanol–water partition coefficient (Wildman–Crippen LogP) is 2.60. The maximum absolute atomic E-state index is 5.58. The van der Waals surface area contributed by atoms with Crippen molar-refractivity contribution in [1.29, 1.82) is 0 Å². The molecule has 0 aliphatic carbocycles. The minimum absolute atomic E-state index is 0.550. The van der Waals surface area contributed by atoms with Crippen molar-refractivity contribution >= 4 is 5.96 Å². The van der Waals surface area contributed by atoms with E-state index in [1.165, 1.54) is 5.56 Å². The Bertz CT molecular complexity index is 820. The van der Waals surface area contributed by atoms with Crippen molar-refractivity contribution in [3.8, 4) is 11.5 Å². The summed E-state index contributed by atoms with van der Waals surface area (Å²) in [6.45, 7) is 4.30. The first-order valence-corrected chi connectivity index (χ1v) is 8.68. The highest BCUT2D eigenvalue weighted by Crippen LogP contribution is 2.18. The van der Waals surface area contributed by atoms with E-state index in [-0.39, 0.29) is 0 Å². The van der Waals surface area contributed by atoms with Gasteiger partial charge in [-0.2, -0.15) is 5.10 Å². The van der Waals surface area contributed by atoms with E-state index in [2.05, 4.69) is 32.6 Å². The zero-order valence-corrected chi connectivity index (χ0v) is 15.1. The molecule has 0 atom stereocenters. The van der Waals surface area contributed by atoms with Gasteiger partial charge in [0.05, 0.1) is 12.2 Å². The van der Waals surface area contributed by atoms with Gasteiger partial charge in [-0.1, -0.05) is 17.7 Å². The summed E-state index contributed by atoms with van der Waals surface area (Å²) in [4.78, 5) is 8.75. The van der Waals surface area contributed by atoms with Crippen molar-refractivity contribution in [3.63, 3.8) is 0 Å². The zero-order valence-electron chi connectivity index (χ0n) is 15.1. The van der Waals surface area contributed by atoms with Crippen LogP contribution in [-0.4, -0.2) is 34.3 Å². The quantitative estimate of drug-likeness (QED) is 0.388. The summed E-state index contributed by atoms with van der Waals surface area (Å²) in [6, 6.07) is 10.0. The fourth-order valence-corrected chi connectivity index (χ4v) is 2.49. The van der Waals surface area contributed by atoms with Crippen molar-refractivity contribution in [2.24, 2.45) is 4.99 Å². The average Bonchev–Trinajstić information content (AvgIpc) is 3.33. The summed E-state index contributed by atoms with van der Waals surface area (Å²) < 4.78 is 7.49. The molecule has 0 aliphatic rings. The van der Waals surface area contributed by atoms with Gasteiger partial charge in [-0.3, -0.25) is 9.67 Å². The van der Waals surface area contributed by atoms with Crippen LogP contribution in [0.4, 0.5) is 0 Å². The van der Waals surface area contributed by atoms with E-state index in [1.807, 2.05) is 41.2 Å². The van der Waals surface area contributed by atoms with Gasteiger partial charge in [-0.15, -0.1) is 0 Å². The molecule has 0 aliphatic heterocycles. The molecule has 0 saturated heterocycles. The summed E-state index contributed by atoms with van der Waals surface area (Å²) in [5, 5.41) is 10.7. The molecule has 7 nitrogen and oxygen atoms in total. The maximum Gasteiger partial charge on any atom is 0.226 e. The Balaban J connectivity index is 1.44. The van der Waals surface area contributed by atoms with E-state index in [9.17, 15) is 0 Å². The molecule has 0 amide bonds. The monoisotopic (exact) mass is 352 g/mol. The molecule has 0 bridgehead atoms. The van der Waals surface area contributed by atoms with Crippen molar-refractivity contribution in [1.82, 2.24) is 25.4 Å². The Morgan fingerprint density at radius 1 is 1.23 bits per heavy atom. The first-order chi connectivity index (χ1) is 12.7. The van der Waals surface area contributed by atoms with Gasteiger partial charge >= 0.3 is 0 Å². The lowest BCUT2D eigenvalue weighted by molar-refractivity contribution is 0.568.